The number of nitrogens with zero attached hydrogens (tertiary/aromatic N) is 3. The van der Waals surface area contributed by atoms with Gasteiger partial charge >= 0.3 is 0 Å². The average molecular weight is 220 g/mol. The van der Waals surface area contributed by atoms with Crippen LogP contribution in [0.1, 0.15) is 0 Å². The van der Waals surface area contributed by atoms with E-state index in [-0.39, 0.29) is 0 Å². The molecule has 9 nitrogen and oxygen atoms in total. The smallest absolute Gasteiger partial charge is 0.192 e. The summed E-state index contributed by atoms with van der Waals surface area (Å²) in [6.07, 6.45) is -4.62. The number of aliphatic hydroxyl groups is 4. The maximum absolute atomic E-state index is 9.73. The number of nitrogens with two attached hydrogens (primary N) is 1. The second-order valence-electron chi connectivity index (χ2n) is 3.19. The molecule has 0 aromatic carbocycles. The lowest BCUT2D eigenvalue weighted by Crippen LogP contribution is -2.69. The molecular formula is C6H12N4O5. The van der Waals surface area contributed by atoms with Crippen molar-refractivity contribution in [2.75, 3.05) is 6.61 Å². The van der Waals surface area contributed by atoms with E-state index in [0.717, 1.165) is 0 Å². The highest BCUT2D eigenvalue weighted by Crippen LogP contribution is 2.29. The third kappa shape index (κ3) is 1.90. The molecule has 1 rings (SSSR count). The van der Waals surface area contributed by atoms with Crippen LogP contribution in [0.2, 0.25) is 0 Å². The predicted octanol–water partition coefficient (Wildman–Crippen LogP) is -2.62. The fraction of sp³-hybridized carbons (Fsp3) is 1.00. The van der Waals surface area contributed by atoms with Crippen LogP contribution in [-0.4, -0.2) is 57.3 Å². The summed E-state index contributed by atoms with van der Waals surface area (Å²) in [6, 6.07) is -1.49. The van der Waals surface area contributed by atoms with Crippen LogP contribution in [0.15, 0.2) is 5.11 Å². The molecule has 0 aromatic heterocycles. The van der Waals surface area contributed by atoms with Crippen LogP contribution in [0.5, 0.6) is 0 Å². The van der Waals surface area contributed by atoms with E-state index in [9.17, 15) is 15.3 Å². The van der Waals surface area contributed by atoms with Crippen molar-refractivity contribution in [3.63, 3.8) is 0 Å². The minimum absolute atomic E-state index is 0.659. The Morgan fingerprint density at radius 1 is 1.53 bits per heavy atom. The van der Waals surface area contributed by atoms with Gasteiger partial charge in [0, 0.05) is 4.91 Å². The largest absolute Gasteiger partial charge is 0.394 e. The highest BCUT2D eigenvalue weighted by molar-refractivity contribution is 5.02. The van der Waals surface area contributed by atoms with Crippen molar-refractivity contribution >= 4 is 0 Å². The third-order valence-corrected chi connectivity index (χ3v) is 2.28. The highest BCUT2D eigenvalue weighted by atomic mass is 16.6. The Morgan fingerprint density at radius 2 is 2.13 bits per heavy atom. The van der Waals surface area contributed by atoms with Crippen molar-refractivity contribution in [1.29, 1.82) is 0 Å². The zero-order chi connectivity index (χ0) is 11.6. The summed E-state index contributed by atoms with van der Waals surface area (Å²) in [6.45, 7) is -0.659. The topological polar surface area (TPSA) is 165 Å². The van der Waals surface area contributed by atoms with E-state index in [1.165, 1.54) is 0 Å². The first-order valence-corrected chi connectivity index (χ1v) is 4.14. The van der Waals surface area contributed by atoms with Crippen molar-refractivity contribution in [2.45, 2.75) is 30.3 Å². The molecule has 1 aliphatic rings. The number of rotatable bonds is 2. The molecule has 1 heterocycles. The van der Waals surface area contributed by atoms with Gasteiger partial charge in [0.2, 0.25) is 0 Å². The first-order valence-electron chi connectivity index (χ1n) is 4.14. The Balaban J connectivity index is 3.03. The van der Waals surface area contributed by atoms with Crippen LogP contribution in [-0.2, 0) is 4.74 Å². The van der Waals surface area contributed by atoms with E-state index in [0.29, 0.717) is 0 Å². The van der Waals surface area contributed by atoms with Crippen LogP contribution in [0.4, 0.5) is 0 Å². The van der Waals surface area contributed by atoms with E-state index in [1.54, 1.807) is 0 Å². The Bertz CT molecular complexity index is 283. The zero-order valence-corrected chi connectivity index (χ0v) is 7.63. The summed E-state index contributed by atoms with van der Waals surface area (Å²) in [5.74, 6) is 0. The molecule has 0 amide bonds. The van der Waals surface area contributed by atoms with Gasteiger partial charge in [0.25, 0.3) is 0 Å². The van der Waals surface area contributed by atoms with E-state index >= 15 is 0 Å². The van der Waals surface area contributed by atoms with E-state index in [2.05, 4.69) is 14.8 Å². The number of hydrogen-bond donors (Lipinski definition) is 5. The van der Waals surface area contributed by atoms with Crippen molar-refractivity contribution in [2.24, 2.45) is 10.8 Å². The summed E-state index contributed by atoms with van der Waals surface area (Å²) in [5.41, 5.74) is 11.1. The summed E-state index contributed by atoms with van der Waals surface area (Å²) in [5, 5.41) is 40.2. The maximum Gasteiger partial charge on any atom is 0.192 e. The standard InChI is InChI=1S/C6H12N4O5/c7-3-5(13)15-2(1-11)4(12)6(3,14)9-10-8/h2-5,11-14H,1,7H2/t2-,3+,4-,5?,6-/m1/s1. The van der Waals surface area contributed by atoms with Gasteiger partial charge in [-0.05, 0) is 5.53 Å². The van der Waals surface area contributed by atoms with Crippen LogP contribution >= 0.6 is 0 Å². The van der Waals surface area contributed by atoms with E-state index < -0.39 is 36.9 Å². The molecule has 0 bridgehead atoms. The molecule has 0 spiro atoms. The molecule has 9 heteroatoms. The molecule has 0 saturated carbocycles. The lowest BCUT2D eigenvalue weighted by atomic mass is 9.91. The molecule has 1 aliphatic heterocycles. The molecule has 6 N–H and O–H groups in total. The Labute approximate surface area is 84.3 Å². The van der Waals surface area contributed by atoms with Gasteiger partial charge in [-0.1, -0.05) is 5.11 Å². The summed E-state index contributed by atoms with van der Waals surface area (Å²) >= 11 is 0. The molecule has 0 aliphatic carbocycles. The van der Waals surface area contributed by atoms with Gasteiger partial charge in [0.05, 0.1) is 12.6 Å². The van der Waals surface area contributed by atoms with Crippen molar-refractivity contribution in [3.05, 3.63) is 10.4 Å². The number of azide groups is 1. The van der Waals surface area contributed by atoms with E-state index in [4.69, 9.17) is 16.4 Å². The Hall–Kier alpha value is -0.930. The molecule has 86 valence electrons. The summed E-state index contributed by atoms with van der Waals surface area (Å²) < 4.78 is 4.69. The molecule has 15 heavy (non-hydrogen) atoms. The van der Waals surface area contributed by atoms with Crippen molar-refractivity contribution in [3.8, 4) is 0 Å². The monoisotopic (exact) mass is 220 g/mol. The van der Waals surface area contributed by atoms with Gasteiger partial charge in [-0.15, -0.1) is 0 Å². The quantitative estimate of drug-likeness (QED) is 0.194. The Morgan fingerprint density at radius 3 is 2.60 bits per heavy atom. The second-order valence-corrected chi connectivity index (χ2v) is 3.19. The van der Waals surface area contributed by atoms with Gasteiger partial charge in [0.15, 0.2) is 12.0 Å². The van der Waals surface area contributed by atoms with Crippen LogP contribution in [0.3, 0.4) is 0 Å². The first kappa shape index (κ1) is 12.1. The van der Waals surface area contributed by atoms with Gasteiger partial charge in [-0.3, -0.25) is 0 Å². The highest BCUT2D eigenvalue weighted by Gasteiger charge is 2.53. The number of ether oxygens (including phenoxy) is 1. The SMILES string of the molecule is [N-]=[N+]=N[C@]1(O)[C@H](O)[C@@H](CO)OC(O)[C@@H]1N. The van der Waals surface area contributed by atoms with Gasteiger partial charge in [-0.25, -0.2) is 0 Å². The normalized spacial score (nSPS) is 45.9. The molecule has 5 atom stereocenters. The summed E-state index contributed by atoms with van der Waals surface area (Å²) in [7, 11) is 0. The van der Waals surface area contributed by atoms with Crippen LogP contribution < -0.4 is 5.73 Å². The lowest BCUT2D eigenvalue weighted by Gasteiger charge is -2.44. The molecular weight excluding hydrogens is 208 g/mol. The molecule has 0 aromatic rings. The maximum atomic E-state index is 9.73. The molecule has 1 fully saturated rings. The second kappa shape index (κ2) is 4.29. The van der Waals surface area contributed by atoms with Gasteiger partial charge in [-0.2, -0.15) is 0 Å². The summed E-state index contributed by atoms with van der Waals surface area (Å²) in [4.78, 5) is 2.32. The first-order chi connectivity index (χ1) is 6.97. The van der Waals surface area contributed by atoms with Crippen molar-refractivity contribution < 1.29 is 25.2 Å². The minimum Gasteiger partial charge on any atom is -0.394 e. The fourth-order valence-electron chi connectivity index (χ4n) is 1.36. The predicted molar refractivity (Wildman–Crippen MR) is 46.0 cm³/mol. The zero-order valence-electron chi connectivity index (χ0n) is 7.63. The van der Waals surface area contributed by atoms with Crippen LogP contribution in [0.25, 0.3) is 10.4 Å². The molecule has 1 unspecified atom stereocenters. The van der Waals surface area contributed by atoms with E-state index in [1.807, 2.05) is 0 Å². The average Bonchev–Trinajstić information content (AvgIpc) is 2.21. The van der Waals surface area contributed by atoms with Gasteiger partial charge in [0.1, 0.15) is 12.2 Å². The van der Waals surface area contributed by atoms with Crippen molar-refractivity contribution in [1.82, 2.24) is 0 Å². The number of aliphatic hydroxyl groups excluding tert-OH is 3. The third-order valence-electron chi connectivity index (χ3n) is 2.28. The molecule has 0 radical (unpaired) electrons. The fourth-order valence-corrected chi connectivity index (χ4v) is 1.36. The number of hydrogen-bond acceptors (Lipinski definition) is 7. The van der Waals surface area contributed by atoms with Gasteiger partial charge < -0.3 is 30.9 Å². The lowest BCUT2D eigenvalue weighted by molar-refractivity contribution is -0.280. The molecule has 1 saturated heterocycles. The Kier molecular flexibility index (Phi) is 3.47. The van der Waals surface area contributed by atoms with Crippen LogP contribution in [0, 0.1) is 0 Å². The minimum atomic E-state index is -2.40.